The zero-order valence-electron chi connectivity index (χ0n) is 14.5. The third kappa shape index (κ3) is 3.45. The summed E-state index contributed by atoms with van der Waals surface area (Å²) >= 11 is 0. The third-order valence-electron chi connectivity index (χ3n) is 4.09. The summed E-state index contributed by atoms with van der Waals surface area (Å²) in [7, 11) is 0. The van der Waals surface area contributed by atoms with E-state index in [-0.39, 0.29) is 0 Å². The molecule has 0 aromatic heterocycles. The van der Waals surface area contributed by atoms with E-state index in [9.17, 15) is 9.90 Å². The number of nitrogens with zero attached hydrogens (tertiary/aromatic N) is 2. The minimum atomic E-state index is -0.819. The highest BCUT2D eigenvalue weighted by molar-refractivity contribution is 5.71. The van der Waals surface area contributed by atoms with Crippen LogP contribution in [0.4, 0.5) is 4.79 Å². The number of hydrogen-bond acceptors (Lipinski definition) is 5. The van der Waals surface area contributed by atoms with Gasteiger partial charge in [-0.1, -0.05) is 30.3 Å². The molecule has 6 heteroatoms. The maximum atomic E-state index is 12.8. The van der Waals surface area contributed by atoms with Gasteiger partial charge >= 0.3 is 6.09 Å². The minimum absolute atomic E-state index is 0.439. The number of hydrazine groups is 1. The van der Waals surface area contributed by atoms with Crippen LogP contribution in [0, 0.1) is 0 Å². The van der Waals surface area contributed by atoms with Gasteiger partial charge in [-0.25, -0.2) is 9.80 Å². The summed E-state index contributed by atoms with van der Waals surface area (Å²) < 4.78 is 5.57. The van der Waals surface area contributed by atoms with Crippen molar-refractivity contribution in [3.05, 3.63) is 47.2 Å². The Balaban J connectivity index is 1.89. The Morgan fingerprint density at radius 3 is 2.71 bits per heavy atom. The van der Waals surface area contributed by atoms with E-state index in [4.69, 9.17) is 4.74 Å². The van der Waals surface area contributed by atoms with E-state index in [0.717, 1.165) is 23.4 Å². The molecule has 1 atom stereocenters. The van der Waals surface area contributed by atoms with E-state index in [0.29, 0.717) is 19.5 Å². The van der Waals surface area contributed by atoms with Gasteiger partial charge in [0.15, 0.2) is 0 Å². The summed E-state index contributed by atoms with van der Waals surface area (Å²) in [4.78, 5) is 12.8. The number of nitrogens with one attached hydrogen (secondary N) is 1. The van der Waals surface area contributed by atoms with E-state index >= 15 is 0 Å². The van der Waals surface area contributed by atoms with Crippen molar-refractivity contribution < 1.29 is 14.6 Å². The summed E-state index contributed by atoms with van der Waals surface area (Å²) in [5, 5.41) is 17.2. The Morgan fingerprint density at radius 1 is 1.33 bits per heavy atom. The van der Waals surface area contributed by atoms with Gasteiger partial charge in [0.1, 0.15) is 11.8 Å². The summed E-state index contributed by atoms with van der Waals surface area (Å²) in [5.41, 5.74) is 2.14. The van der Waals surface area contributed by atoms with Crippen LogP contribution in [0.5, 0.6) is 0 Å². The Kier molecular flexibility index (Phi) is 4.62. The van der Waals surface area contributed by atoms with Crippen molar-refractivity contribution in [2.24, 2.45) is 0 Å². The first-order valence-electron chi connectivity index (χ1n) is 8.31. The summed E-state index contributed by atoms with van der Waals surface area (Å²) in [5.74, 6) is 0. The molecule has 2 aliphatic heterocycles. The van der Waals surface area contributed by atoms with Crippen LogP contribution in [0.3, 0.4) is 0 Å². The van der Waals surface area contributed by atoms with E-state index in [2.05, 4.69) is 5.32 Å². The molecule has 0 fully saturated rings. The van der Waals surface area contributed by atoms with Gasteiger partial charge in [0, 0.05) is 37.3 Å². The number of carbonyl (C=O) groups is 1. The number of ether oxygens (including phenoxy) is 1. The summed E-state index contributed by atoms with van der Waals surface area (Å²) in [6, 6.07) is 9.81. The minimum Gasteiger partial charge on any atom is -0.442 e. The number of aliphatic hydroxyl groups excluding tert-OH is 1. The molecule has 0 aliphatic carbocycles. The molecule has 0 saturated carbocycles. The van der Waals surface area contributed by atoms with Crippen molar-refractivity contribution >= 4 is 6.09 Å². The van der Waals surface area contributed by atoms with Crippen LogP contribution in [0.1, 0.15) is 32.8 Å². The molecule has 24 heavy (non-hydrogen) atoms. The van der Waals surface area contributed by atoms with E-state index in [1.54, 1.807) is 5.01 Å². The molecular formula is C18H25N3O3. The van der Waals surface area contributed by atoms with Crippen LogP contribution in [-0.2, 0) is 11.3 Å². The molecule has 0 spiro atoms. The maximum Gasteiger partial charge on any atom is 0.429 e. The second-order valence-electron chi connectivity index (χ2n) is 7.15. The molecule has 1 aromatic carbocycles. The zero-order valence-corrected chi connectivity index (χ0v) is 14.5. The van der Waals surface area contributed by atoms with Crippen LogP contribution in [0.2, 0.25) is 0 Å². The first kappa shape index (κ1) is 17.0. The van der Waals surface area contributed by atoms with Crippen molar-refractivity contribution in [2.75, 3.05) is 13.1 Å². The highest BCUT2D eigenvalue weighted by Gasteiger charge is 2.43. The fourth-order valence-electron chi connectivity index (χ4n) is 3.07. The Bertz CT molecular complexity index is 637. The molecule has 2 aliphatic rings. The van der Waals surface area contributed by atoms with Crippen LogP contribution >= 0.6 is 0 Å². The van der Waals surface area contributed by atoms with Gasteiger partial charge in [-0.05, 0) is 26.3 Å². The lowest BCUT2D eigenvalue weighted by atomic mass is 10.1. The molecule has 0 saturated heterocycles. The molecule has 2 heterocycles. The average Bonchev–Trinajstić information content (AvgIpc) is 2.80. The lowest BCUT2D eigenvalue weighted by Gasteiger charge is -2.33. The second-order valence-corrected chi connectivity index (χ2v) is 7.15. The average molecular weight is 331 g/mol. The van der Waals surface area contributed by atoms with Gasteiger partial charge in [0.05, 0.1) is 0 Å². The number of rotatable bonds is 2. The molecule has 1 amide bonds. The van der Waals surface area contributed by atoms with Gasteiger partial charge in [0.2, 0.25) is 0 Å². The Labute approximate surface area is 142 Å². The summed E-state index contributed by atoms with van der Waals surface area (Å²) in [6.45, 7) is 7.34. The molecule has 6 nitrogen and oxygen atoms in total. The quantitative estimate of drug-likeness (QED) is 0.870. The highest BCUT2D eigenvalue weighted by Crippen LogP contribution is 2.34. The van der Waals surface area contributed by atoms with Gasteiger partial charge < -0.3 is 15.2 Å². The number of carbonyl (C=O) groups excluding carboxylic acids is 1. The molecule has 3 rings (SSSR count). The van der Waals surface area contributed by atoms with Gasteiger partial charge in [0.25, 0.3) is 0 Å². The number of hydrogen-bond donors (Lipinski definition) is 2. The number of benzene rings is 1. The lowest BCUT2D eigenvalue weighted by Crippen LogP contribution is -2.47. The topological polar surface area (TPSA) is 65.0 Å². The predicted octanol–water partition coefficient (Wildman–Crippen LogP) is 2.22. The smallest absolute Gasteiger partial charge is 0.429 e. The van der Waals surface area contributed by atoms with Crippen LogP contribution in [-0.4, -0.2) is 46.1 Å². The molecule has 1 aromatic rings. The first-order chi connectivity index (χ1) is 11.4. The number of aliphatic hydroxyl groups is 1. The third-order valence-corrected chi connectivity index (χ3v) is 4.09. The van der Waals surface area contributed by atoms with Crippen molar-refractivity contribution in [3.63, 3.8) is 0 Å². The largest absolute Gasteiger partial charge is 0.442 e. The molecule has 2 N–H and O–H groups in total. The molecular weight excluding hydrogens is 306 g/mol. The Morgan fingerprint density at radius 2 is 2.04 bits per heavy atom. The van der Waals surface area contributed by atoms with Gasteiger partial charge in [-0.3, -0.25) is 0 Å². The monoisotopic (exact) mass is 331 g/mol. The summed E-state index contributed by atoms with van der Waals surface area (Å²) in [6.07, 6.45) is -0.568. The fourth-order valence-corrected chi connectivity index (χ4v) is 3.07. The normalized spacial score (nSPS) is 21.8. The van der Waals surface area contributed by atoms with E-state index in [1.165, 1.54) is 5.01 Å². The first-order valence-corrected chi connectivity index (χ1v) is 8.31. The highest BCUT2D eigenvalue weighted by atomic mass is 16.6. The molecule has 0 bridgehead atoms. The van der Waals surface area contributed by atoms with E-state index < -0.39 is 17.9 Å². The Hall–Kier alpha value is -1.89. The van der Waals surface area contributed by atoms with Crippen LogP contribution < -0.4 is 5.32 Å². The second kappa shape index (κ2) is 6.55. The van der Waals surface area contributed by atoms with Gasteiger partial charge in [-0.15, -0.1) is 0 Å². The maximum absolute atomic E-state index is 12.8. The predicted molar refractivity (Wildman–Crippen MR) is 90.6 cm³/mol. The van der Waals surface area contributed by atoms with Crippen molar-refractivity contribution in [1.29, 1.82) is 0 Å². The van der Waals surface area contributed by atoms with Crippen LogP contribution in [0.15, 0.2) is 41.6 Å². The standard InChI is InChI=1S/C18H25N3O3/c1-18(2,3)24-17(23)21-15-9-10-19-11-14(15)16(22)20(21)12-13-7-5-4-6-8-13/h4-8,16,19,22H,9-12H2,1-3H3. The lowest BCUT2D eigenvalue weighted by molar-refractivity contribution is -0.0892. The molecule has 0 radical (unpaired) electrons. The fraction of sp³-hybridized carbons (Fsp3) is 0.500. The number of amides is 1. The van der Waals surface area contributed by atoms with Crippen LogP contribution in [0.25, 0.3) is 0 Å². The molecule has 130 valence electrons. The van der Waals surface area contributed by atoms with Crippen molar-refractivity contribution in [3.8, 4) is 0 Å². The van der Waals surface area contributed by atoms with E-state index in [1.807, 2.05) is 51.1 Å². The molecule has 1 unspecified atom stereocenters. The van der Waals surface area contributed by atoms with Gasteiger partial charge in [-0.2, -0.15) is 5.01 Å². The SMILES string of the molecule is CC(C)(C)OC(=O)N1C2=C(CNCC2)C(O)N1Cc1ccccc1. The zero-order chi connectivity index (χ0) is 17.3. The van der Waals surface area contributed by atoms with Crippen molar-refractivity contribution in [1.82, 2.24) is 15.3 Å². The van der Waals surface area contributed by atoms with Crippen molar-refractivity contribution in [2.45, 2.75) is 45.6 Å².